The summed E-state index contributed by atoms with van der Waals surface area (Å²) in [7, 11) is 0. The lowest BCUT2D eigenvalue weighted by molar-refractivity contribution is -0.118. The number of nitrogens with zero attached hydrogens (tertiary/aromatic N) is 1. The summed E-state index contributed by atoms with van der Waals surface area (Å²) in [5.74, 6) is 0.525. The van der Waals surface area contributed by atoms with E-state index in [0.717, 1.165) is 53.3 Å². The van der Waals surface area contributed by atoms with Crippen molar-refractivity contribution in [2.24, 2.45) is 0 Å². The third-order valence-corrected chi connectivity index (χ3v) is 4.78. The maximum Gasteiger partial charge on any atom is 0.262 e. The first kappa shape index (κ1) is 18.7. The van der Waals surface area contributed by atoms with Gasteiger partial charge in [0.25, 0.3) is 5.91 Å². The van der Waals surface area contributed by atoms with Crippen LogP contribution in [0.1, 0.15) is 11.1 Å². The minimum absolute atomic E-state index is 0.0221. The summed E-state index contributed by atoms with van der Waals surface area (Å²) >= 11 is 3.60. The van der Waals surface area contributed by atoms with Crippen LogP contribution in [0.3, 0.4) is 0 Å². The highest BCUT2D eigenvalue weighted by Crippen LogP contribution is 2.29. The van der Waals surface area contributed by atoms with E-state index >= 15 is 0 Å². The number of hydrogen-bond donors (Lipinski definition) is 1. The van der Waals surface area contributed by atoms with Crippen LogP contribution in [0, 0.1) is 13.8 Å². The number of carbonyl (C=O) groups excluding carboxylic acids is 1. The zero-order valence-electron chi connectivity index (χ0n) is 15.0. The van der Waals surface area contributed by atoms with Crippen molar-refractivity contribution < 1.29 is 14.3 Å². The van der Waals surface area contributed by atoms with E-state index in [1.165, 1.54) is 0 Å². The predicted molar refractivity (Wildman–Crippen MR) is 107 cm³/mol. The van der Waals surface area contributed by atoms with Gasteiger partial charge in [0, 0.05) is 23.2 Å². The van der Waals surface area contributed by atoms with Gasteiger partial charge in [-0.15, -0.1) is 0 Å². The standard InChI is InChI=1S/C20H23BrN2O3/c1-14-9-15(2)11-17(10-14)26-13-20(24)22-16-3-4-19(18(21)12-16)23-5-7-25-8-6-23/h3-4,9-12H,5-8,13H2,1-2H3,(H,22,24). The second-order valence-electron chi connectivity index (χ2n) is 6.43. The molecule has 1 N–H and O–H groups in total. The topological polar surface area (TPSA) is 50.8 Å². The van der Waals surface area contributed by atoms with Crippen molar-refractivity contribution in [1.29, 1.82) is 0 Å². The summed E-state index contributed by atoms with van der Waals surface area (Å²) in [4.78, 5) is 14.4. The summed E-state index contributed by atoms with van der Waals surface area (Å²) in [6.07, 6.45) is 0. The van der Waals surface area contributed by atoms with Crippen molar-refractivity contribution in [2.75, 3.05) is 43.1 Å². The molecule has 0 aromatic heterocycles. The quantitative estimate of drug-likeness (QED) is 0.799. The molecule has 1 heterocycles. The largest absolute Gasteiger partial charge is 0.484 e. The molecule has 5 nitrogen and oxygen atoms in total. The minimum Gasteiger partial charge on any atom is -0.484 e. The van der Waals surface area contributed by atoms with E-state index in [4.69, 9.17) is 9.47 Å². The fourth-order valence-electron chi connectivity index (χ4n) is 3.01. The van der Waals surface area contributed by atoms with E-state index in [9.17, 15) is 4.79 Å². The molecule has 1 aliphatic heterocycles. The van der Waals surface area contributed by atoms with Crippen LogP contribution in [0.2, 0.25) is 0 Å². The molecule has 0 aliphatic carbocycles. The Morgan fingerprint density at radius 2 is 1.85 bits per heavy atom. The number of nitrogens with one attached hydrogen (secondary N) is 1. The summed E-state index contributed by atoms with van der Waals surface area (Å²) in [5.41, 5.74) is 4.08. The lowest BCUT2D eigenvalue weighted by Gasteiger charge is -2.29. The molecule has 0 bridgehead atoms. The van der Waals surface area contributed by atoms with Crippen molar-refractivity contribution in [3.05, 3.63) is 52.0 Å². The molecular formula is C20H23BrN2O3. The number of morpholine rings is 1. The Kier molecular flexibility index (Phi) is 6.16. The van der Waals surface area contributed by atoms with Crippen molar-refractivity contribution >= 4 is 33.2 Å². The second-order valence-corrected chi connectivity index (χ2v) is 7.28. The minimum atomic E-state index is -0.185. The number of anilines is 2. The molecule has 0 spiro atoms. The van der Waals surface area contributed by atoms with E-state index in [1.807, 2.05) is 44.2 Å². The van der Waals surface area contributed by atoms with Gasteiger partial charge in [-0.25, -0.2) is 0 Å². The summed E-state index contributed by atoms with van der Waals surface area (Å²) in [5, 5.41) is 2.88. The molecule has 3 rings (SSSR count). The summed E-state index contributed by atoms with van der Waals surface area (Å²) in [6.45, 7) is 7.20. The molecule has 0 atom stereocenters. The van der Waals surface area contributed by atoms with Crippen molar-refractivity contribution in [3.63, 3.8) is 0 Å². The maximum atomic E-state index is 12.2. The van der Waals surface area contributed by atoms with Gasteiger partial charge < -0.3 is 19.7 Å². The Morgan fingerprint density at radius 3 is 2.50 bits per heavy atom. The molecule has 2 aromatic carbocycles. The third kappa shape index (κ3) is 4.99. The highest BCUT2D eigenvalue weighted by molar-refractivity contribution is 9.10. The van der Waals surface area contributed by atoms with Gasteiger partial charge in [0.15, 0.2) is 6.61 Å². The average molecular weight is 419 g/mol. The number of amides is 1. The van der Waals surface area contributed by atoms with Crippen LogP contribution < -0.4 is 15.0 Å². The molecule has 2 aromatic rings. The molecule has 6 heteroatoms. The number of carbonyl (C=O) groups is 1. The van der Waals surface area contributed by atoms with Crippen LogP contribution >= 0.6 is 15.9 Å². The predicted octanol–water partition coefficient (Wildman–Crippen LogP) is 3.92. The van der Waals surface area contributed by atoms with E-state index in [1.54, 1.807) is 0 Å². The first-order valence-corrected chi connectivity index (χ1v) is 9.44. The van der Waals surface area contributed by atoms with Crippen molar-refractivity contribution in [2.45, 2.75) is 13.8 Å². The SMILES string of the molecule is Cc1cc(C)cc(OCC(=O)Nc2ccc(N3CCOCC3)c(Br)c2)c1. The third-order valence-electron chi connectivity index (χ3n) is 4.15. The molecular weight excluding hydrogens is 396 g/mol. The monoisotopic (exact) mass is 418 g/mol. The average Bonchev–Trinajstić information content (AvgIpc) is 2.60. The number of halogens is 1. The van der Waals surface area contributed by atoms with Gasteiger partial charge in [-0.05, 0) is 71.2 Å². The van der Waals surface area contributed by atoms with Crippen molar-refractivity contribution in [1.82, 2.24) is 0 Å². The van der Waals surface area contributed by atoms with Crippen LogP contribution in [0.15, 0.2) is 40.9 Å². The Balaban J connectivity index is 1.57. The molecule has 0 saturated carbocycles. The number of ether oxygens (including phenoxy) is 2. The first-order valence-electron chi connectivity index (χ1n) is 8.64. The number of rotatable bonds is 5. The van der Waals surface area contributed by atoms with Crippen molar-refractivity contribution in [3.8, 4) is 5.75 Å². The molecule has 1 amide bonds. The van der Waals surface area contributed by atoms with Gasteiger partial charge in [0.1, 0.15) is 5.75 Å². The van der Waals surface area contributed by atoms with Crippen LogP contribution in [0.5, 0.6) is 5.75 Å². The van der Waals surface area contributed by atoms with E-state index in [0.29, 0.717) is 5.75 Å². The summed E-state index contributed by atoms with van der Waals surface area (Å²) in [6, 6.07) is 11.8. The molecule has 26 heavy (non-hydrogen) atoms. The zero-order valence-corrected chi connectivity index (χ0v) is 16.6. The number of aryl methyl sites for hydroxylation is 2. The molecule has 1 saturated heterocycles. The van der Waals surface area contributed by atoms with Crippen LogP contribution in [0.25, 0.3) is 0 Å². The lowest BCUT2D eigenvalue weighted by Crippen LogP contribution is -2.36. The Bertz CT molecular complexity index is 768. The fraction of sp³-hybridized carbons (Fsp3) is 0.350. The first-order chi connectivity index (χ1) is 12.5. The lowest BCUT2D eigenvalue weighted by atomic mass is 10.1. The summed E-state index contributed by atoms with van der Waals surface area (Å²) < 4.78 is 11.9. The molecule has 138 valence electrons. The van der Waals surface area contributed by atoms with Crippen LogP contribution in [-0.4, -0.2) is 38.8 Å². The van der Waals surface area contributed by atoms with Crippen LogP contribution in [0.4, 0.5) is 11.4 Å². The highest BCUT2D eigenvalue weighted by atomic mass is 79.9. The molecule has 0 radical (unpaired) electrons. The van der Waals surface area contributed by atoms with Crippen LogP contribution in [-0.2, 0) is 9.53 Å². The smallest absolute Gasteiger partial charge is 0.262 e. The highest BCUT2D eigenvalue weighted by Gasteiger charge is 2.14. The zero-order chi connectivity index (χ0) is 18.5. The second kappa shape index (κ2) is 8.56. The van der Waals surface area contributed by atoms with Gasteiger partial charge in [-0.1, -0.05) is 6.07 Å². The van der Waals surface area contributed by atoms with Gasteiger partial charge >= 0.3 is 0 Å². The number of benzene rings is 2. The van der Waals surface area contributed by atoms with E-state index in [-0.39, 0.29) is 12.5 Å². The fourth-order valence-corrected chi connectivity index (χ4v) is 3.64. The van der Waals surface area contributed by atoms with Gasteiger partial charge in [-0.2, -0.15) is 0 Å². The van der Waals surface area contributed by atoms with E-state index < -0.39 is 0 Å². The molecule has 1 fully saturated rings. The van der Waals surface area contributed by atoms with Gasteiger partial charge in [0.05, 0.1) is 18.9 Å². The number of hydrogen-bond acceptors (Lipinski definition) is 4. The maximum absolute atomic E-state index is 12.2. The van der Waals surface area contributed by atoms with Gasteiger partial charge in [-0.3, -0.25) is 4.79 Å². The Hall–Kier alpha value is -2.05. The Labute approximate surface area is 162 Å². The molecule has 0 unspecified atom stereocenters. The van der Waals surface area contributed by atoms with Gasteiger partial charge in [0.2, 0.25) is 0 Å². The van der Waals surface area contributed by atoms with E-state index in [2.05, 4.69) is 32.2 Å². The normalized spacial score (nSPS) is 14.2. The Morgan fingerprint density at radius 1 is 1.15 bits per heavy atom. The molecule has 1 aliphatic rings.